The Kier molecular flexibility index (Phi) is 25.9. The fraction of sp³-hybridized carbons (Fsp3) is 0.923. The molecule has 0 aromatic carbocycles. The second kappa shape index (κ2) is 16.8. The molecule has 1 amide bonds. The molecule has 0 radical (unpaired) electrons. The van der Waals surface area contributed by atoms with Gasteiger partial charge in [-0.05, 0) is 19.3 Å². The monoisotopic (exact) mass is 235 g/mol. The molecule has 0 fully saturated rings. The van der Waals surface area contributed by atoms with Gasteiger partial charge in [0.25, 0.3) is 0 Å². The maximum absolute atomic E-state index is 11.4. The van der Waals surface area contributed by atoms with Gasteiger partial charge in [-0.25, -0.2) is 0 Å². The molecule has 16 heavy (non-hydrogen) atoms. The number of hydrogen-bond acceptors (Lipinski definition) is 2. The Balaban J connectivity index is -0.000000240. The van der Waals surface area contributed by atoms with E-state index in [-0.39, 0.29) is 34.8 Å². The SMILES string of the molecule is C.C.C.CCCN(C)C(=O)CCCCCO. The highest BCUT2D eigenvalue weighted by Gasteiger charge is 2.05. The summed E-state index contributed by atoms with van der Waals surface area (Å²) in [6.45, 7) is 3.15. The molecule has 0 aromatic heterocycles. The lowest BCUT2D eigenvalue weighted by molar-refractivity contribution is -0.130. The third kappa shape index (κ3) is 13.4. The average molecular weight is 235 g/mol. The first-order chi connectivity index (χ1) is 6.22. The minimum atomic E-state index is 0. The van der Waals surface area contributed by atoms with E-state index in [0.29, 0.717) is 6.42 Å². The van der Waals surface area contributed by atoms with Crippen LogP contribution in [-0.2, 0) is 4.79 Å². The normalized spacial score (nSPS) is 8.19. The summed E-state index contributed by atoms with van der Waals surface area (Å²) in [4.78, 5) is 13.1. The Bertz CT molecular complexity index is 138. The van der Waals surface area contributed by atoms with Gasteiger partial charge in [-0.15, -0.1) is 0 Å². The lowest BCUT2D eigenvalue weighted by atomic mass is 10.2. The molecule has 0 unspecified atom stereocenters. The van der Waals surface area contributed by atoms with E-state index in [1.54, 1.807) is 4.90 Å². The largest absolute Gasteiger partial charge is 0.396 e. The molecule has 1 N–H and O–H groups in total. The van der Waals surface area contributed by atoms with Gasteiger partial charge < -0.3 is 10.0 Å². The first-order valence-electron chi connectivity index (χ1n) is 5.07. The minimum absolute atomic E-state index is 0. The van der Waals surface area contributed by atoms with Crippen molar-refractivity contribution < 1.29 is 9.90 Å². The van der Waals surface area contributed by atoms with E-state index in [4.69, 9.17) is 5.11 Å². The Labute approximate surface area is 103 Å². The summed E-state index contributed by atoms with van der Waals surface area (Å²) in [6, 6.07) is 0. The smallest absolute Gasteiger partial charge is 0.222 e. The summed E-state index contributed by atoms with van der Waals surface area (Å²) < 4.78 is 0. The summed E-state index contributed by atoms with van der Waals surface area (Å²) in [6.07, 6.45) is 4.29. The number of amides is 1. The maximum atomic E-state index is 11.4. The number of aliphatic hydroxyl groups excluding tert-OH is 1. The van der Waals surface area contributed by atoms with E-state index < -0.39 is 0 Å². The molecule has 3 heteroatoms. The zero-order chi connectivity index (χ0) is 10.1. The van der Waals surface area contributed by atoms with Crippen LogP contribution < -0.4 is 0 Å². The molecule has 0 atom stereocenters. The second-order valence-corrected chi connectivity index (χ2v) is 3.35. The van der Waals surface area contributed by atoms with Crippen LogP contribution in [0.15, 0.2) is 0 Å². The van der Waals surface area contributed by atoms with Crippen LogP contribution in [0.2, 0.25) is 0 Å². The van der Waals surface area contributed by atoms with Crippen LogP contribution in [0.25, 0.3) is 0 Å². The highest BCUT2D eigenvalue weighted by Crippen LogP contribution is 2.02. The summed E-state index contributed by atoms with van der Waals surface area (Å²) in [5.41, 5.74) is 0. The molecule has 102 valence electrons. The summed E-state index contributed by atoms with van der Waals surface area (Å²) in [5.74, 6) is 0.222. The fourth-order valence-corrected chi connectivity index (χ4v) is 1.22. The first kappa shape index (κ1) is 24.6. The van der Waals surface area contributed by atoms with Gasteiger partial charge in [-0.3, -0.25) is 4.79 Å². The van der Waals surface area contributed by atoms with Crippen molar-refractivity contribution >= 4 is 5.91 Å². The highest BCUT2D eigenvalue weighted by atomic mass is 16.2. The van der Waals surface area contributed by atoms with Gasteiger partial charge in [0.1, 0.15) is 0 Å². The fourth-order valence-electron chi connectivity index (χ4n) is 1.22. The molecule has 0 aliphatic rings. The molecule has 0 rings (SSSR count). The van der Waals surface area contributed by atoms with Crippen LogP contribution in [0.1, 0.15) is 61.3 Å². The average Bonchev–Trinajstić information content (AvgIpc) is 2.12. The van der Waals surface area contributed by atoms with E-state index in [2.05, 4.69) is 6.92 Å². The topological polar surface area (TPSA) is 40.5 Å². The molecule has 0 aliphatic heterocycles. The molecule has 0 aromatic rings. The van der Waals surface area contributed by atoms with Crippen molar-refractivity contribution in [3.05, 3.63) is 0 Å². The lowest BCUT2D eigenvalue weighted by Gasteiger charge is -2.15. The van der Waals surface area contributed by atoms with Crippen LogP contribution in [0, 0.1) is 0 Å². The number of unbranched alkanes of at least 4 members (excludes halogenated alkanes) is 2. The van der Waals surface area contributed by atoms with E-state index in [1.807, 2.05) is 7.05 Å². The Morgan fingerprint density at radius 1 is 1.12 bits per heavy atom. The van der Waals surface area contributed by atoms with Gasteiger partial charge in [0.15, 0.2) is 0 Å². The summed E-state index contributed by atoms with van der Waals surface area (Å²) in [7, 11) is 1.85. The van der Waals surface area contributed by atoms with Gasteiger partial charge in [0, 0.05) is 26.6 Å². The highest BCUT2D eigenvalue weighted by molar-refractivity contribution is 5.75. The zero-order valence-electron chi connectivity index (χ0n) is 8.75. The van der Waals surface area contributed by atoms with Crippen LogP contribution >= 0.6 is 0 Å². The Hall–Kier alpha value is -0.570. The quantitative estimate of drug-likeness (QED) is 0.688. The number of hydrogen-bond donors (Lipinski definition) is 1. The van der Waals surface area contributed by atoms with Gasteiger partial charge in [0.05, 0.1) is 0 Å². The number of carbonyl (C=O) groups is 1. The minimum Gasteiger partial charge on any atom is -0.396 e. The van der Waals surface area contributed by atoms with Crippen LogP contribution in [0.3, 0.4) is 0 Å². The summed E-state index contributed by atoms with van der Waals surface area (Å²) >= 11 is 0. The zero-order valence-corrected chi connectivity index (χ0v) is 8.75. The van der Waals surface area contributed by atoms with Crippen LogP contribution in [0.4, 0.5) is 0 Å². The molecule has 0 bridgehead atoms. The predicted octanol–water partition coefficient (Wildman–Crippen LogP) is 3.32. The van der Waals surface area contributed by atoms with Crippen molar-refractivity contribution in [2.45, 2.75) is 61.3 Å². The van der Waals surface area contributed by atoms with Gasteiger partial charge >= 0.3 is 0 Å². The molecular weight excluding hydrogens is 202 g/mol. The standard InChI is InChI=1S/C10H21NO2.3CH4/c1-3-8-11(2)10(13)7-5-4-6-9-12;;;/h12H,3-9H2,1-2H3;3*1H4. The predicted molar refractivity (Wildman–Crippen MR) is 73.7 cm³/mol. The van der Waals surface area contributed by atoms with Crippen molar-refractivity contribution in [3.63, 3.8) is 0 Å². The molecule has 3 nitrogen and oxygen atoms in total. The number of rotatable bonds is 7. The van der Waals surface area contributed by atoms with Crippen molar-refractivity contribution in [2.75, 3.05) is 20.2 Å². The number of aliphatic hydroxyl groups is 1. The third-order valence-corrected chi connectivity index (χ3v) is 2.03. The van der Waals surface area contributed by atoms with Gasteiger partial charge in [0.2, 0.25) is 5.91 Å². The van der Waals surface area contributed by atoms with E-state index in [0.717, 1.165) is 32.2 Å². The molecule has 0 saturated carbocycles. The molecule has 0 heterocycles. The van der Waals surface area contributed by atoms with Crippen molar-refractivity contribution in [1.82, 2.24) is 4.90 Å². The van der Waals surface area contributed by atoms with Crippen LogP contribution in [-0.4, -0.2) is 36.1 Å². The molecular formula is C13H33NO2. The van der Waals surface area contributed by atoms with Gasteiger partial charge in [-0.2, -0.15) is 0 Å². The van der Waals surface area contributed by atoms with Crippen LogP contribution in [0.5, 0.6) is 0 Å². The first-order valence-corrected chi connectivity index (χ1v) is 5.07. The Morgan fingerprint density at radius 2 is 1.69 bits per heavy atom. The molecule has 0 aliphatic carbocycles. The van der Waals surface area contributed by atoms with Crippen molar-refractivity contribution in [1.29, 1.82) is 0 Å². The maximum Gasteiger partial charge on any atom is 0.222 e. The molecule has 0 saturated heterocycles. The third-order valence-electron chi connectivity index (χ3n) is 2.03. The van der Waals surface area contributed by atoms with Crippen molar-refractivity contribution in [3.8, 4) is 0 Å². The lowest BCUT2D eigenvalue weighted by Crippen LogP contribution is -2.26. The van der Waals surface area contributed by atoms with Crippen molar-refractivity contribution in [2.24, 2.45) is 0 Å². The molecule has 0 spiro atoms. The number of carbonyl (C=O) groups excluding carboxylic acids is 1. The van der Waals surface area contributed by atoms with Gasteiger partial charge in [-0.1, -0.05) is 35.6 Å². The van der Waals surface area contributed by atoms with E-state index in [9.17, 15) is 4.79 Å². The second-order valence-electron chi connectivity index (χ2n) is 3.35. The van der Waals surface area contributed by atoms with E-state index >= 15 is 0 Å². The van der Waals surface area contributed by atoms with E-state index in [1.165, 1.54) is 0 Å². The summed E-state index contributed by atoms with van der Waals surface area (Å²) in [5, 5.41) is 8.53. The Morgan fingerprint density at radius 3 is 2.12 bits per heavy atom. The number of nitrogens with zero attached hydrogens (tertiary/aromatic N) is 1.